The van der Waals surface area contributed by atoms with Crippen LogP contribution in [0.5, 0.6) is 5.75 Å². The van der Waals surface area contributed by atoms with Crippen LogP contribution < -0.4 is 19.6 Å². The Labute approximate surface area is 193 Å². The maximum absolute atomic E-state index is 13.6. The van der Waals surface area contributed by atoms with Crippen molar-refractivity contribution in [1.29, 1.82) is 0 Å². The van der Waals surface area contributed by atoms with E-state index in [1.807, 2.05) is 36.4 Å². The molecule has 1 aromatic heterocycles. The number of ether oxygens (including phenoxy) is 2. The van der Waals surface area contributed by atoms with Gasteiger partial charge in [-0.25, -0.2) is 9.79 Å². The molecule has 0 saturated carbocycles. The lowest BCUT2D eigenvalue weighted by molar-refractivity contribution is -0.139. The lowest BCUT2D eigenvalue weighted by atomic mass is 9.96. The number of allylic oxidation sites excluding steroid dienone is 1. The molecular weight excluding hydrogens is 448 g/mol. The Balaban J connectivity index is 1.99. The van der Waals surface area contributed by atoms with Crippen LogP contribution in [0.4, 0.5) is 0 Å². The smallest absolute Gasteiger partial charge is 0.338 e. The summed E-state index contributed by atoms with van der Waals surface area (Å²) in [7, 11) is 1.58. The SMILES string of the molecule is CCOC(=O)C1=C(C)N=c2sc(=Cc3ccccc3OC)c(=O)n2[C@@H]1c1ccccc1Cl. The highest BCUT2D eigenvalue weighted by Crippen LogP contribution is 2.34. The van der Waals surface area contributed by atoms with E-state index in [1.165, 1.54) is 15.9 Å². The van der Waals surface area contributed by atoms with Crippen LogP contribution in [0.15, 0.2) is 69.6 Å². The standard InChI is InChI=1S/C24H21ClN2O4S/c1-4-31-23(29)20-14(2)26-24-27(21(20)16-10-6-7-11-17(16)25)22(28)19(32-24)13-15-9-5-8-12-18(15)30-3/h5-13,21H,4H2,1-3H3/t21-/m1/s1. The Morgan fingerprint density at radius 2 is 1.94 bits per heavy atom. The molecule has 1 atom stereocenters. The Kier molecular flexibility index (Phi) is 6.30. The van der Waals surface area contributed by atoms with Gasteiger partial charge in [0.25, 0.3) is 5.56 Å². The van der Waals surface area contributed by atoms with Crippen molar-refractivity contribution in [3.05, 3.63) is 95.6 Å². The number of para-hydroxylation sites is 1. The number of hydrogen-bond acceptors (Lipinski definition) is 6. The highest BCUT2D eigenvalue weighted by molar-refractivity contribution is 7.07. The van der Waals surface area contributed by atoms with E-state index in [2.05, 4.69) is 4.99 Å². The van der Waals surface area contributed by atoms with Gasteiger partial charge < -0.3 is 9.47 Å². The number of fused-ring (bicyclic) bond motifs is 1. The molecule has 0 fully saturated rings. The largest absolute Gasteiger partial charge is 0.496 e. The summed E-state index contributed by atoms with van der Waals surface area (Å²) in [5.74, 6) is 0.141. The minimum absolute atomic E-state index is 0.211. The average Bonchev–Trinajstić information content (AvgIpc) is 3.08. The molecule has 1 aliphatic rings. The molecule has 3 aromatic rings. The van der Waals surface area contributed by atoms with Crippen LogP contribution in [0.3, 0.4) is 0 Å². The third kappa shape index (κ3) is 3.89. The van der Waals surface area contributed by atoms with Gasteiger partial charge in [0.1, 0.15) is 11.8 Å². The zero-order chi connectivity index (χ0) is 22.8. The lowest BCUT2D eigenvalue weighted by Gasteiger charge is -2.25. The first-order chi connectivity index (χ1) is 15.5. The number of benzene rings is 2. The summed E-state index contributed by atoms with van der Waals surface area (Å²) in [6.07, 6.45) is 1.77. The fourth-order valence-corrected chi connectivity index (χ4v) is 4.99. The van der Waals surface area contributed by atoms with Gasteiger partial charge in [-0.2, -0.15) is 0 Å². The van der Waals surface area contributed by atoms with Crippen molar-refractivity contribution in [2.24, 2.45) is 4.99 Å². The average molecular weight is 469 g/mol. The second-order valence-corrected chi connectivity index (χ2v) is 8.48. The van der Waals surface area contributed by atoms with Crippen molar-refractivity contribution in [3.8, 4) is 5.75 Å². The second kappa shape index (κ2) is 9.14. The second-order valence-electron chi connectivity index (χ2n) is 7.07. The van der Waals surface area contributed by atoms with E-state index < -0.39 is 12.0 Å². The number of carbonyl (C=O) groups excluding carboxylic acids is 1. The summed E-state index contributed by atoms with van der Waals surface area (Å²) in [6, 6.07) is 13.9. The van der Waals surface area contributed by atoms with E-state index in [4.69, 9.17) is 21.1 Å². The first-order valence-corrected chi connectivity index (χ1v) is 11.2. The molecule has 0 radical (unpaired) electrons. The third-order valence-electron chi connectivity index (χ3n) is 5.14. The van der Waals surface area contributed by atoms with Gasteiger partial charge in [0.05, 0.1) is 29.5 Å². The molecule has 0 saturated heterocycles. The van der Waals surface area contributed by atoms with Gasteiger partial charge in [0.2, 0.25) is 0 Å². The zero-order valence-corrected chi connectivity index (χ0v) is 19.4. The quantitative estimate of drug-likeness (QED) is 0.538. The number of rotatable bonds is 5. The number of esters is 1. The maximum atomic E-state index is 13.6. The number of carbonyl (C=O) groups is 1. The molecule has 1 aliphatic heterocycles. The highest BCUT2D eigenvalue weighted by atomic mass is 35.5. The number of nitrogens with zero attached hydrogens (tertiary/aromatic N) is 2. The van der Waals surface area contributed by atoms with Crippen LogP contribution in [-0.4, -0.2) is 24.3 Å². The van der Waals surface area contributed by atoms with Crippen molar-refractivity contribution in [2.45, 2.75) is 19.9 Å². The van der Waals surface area contributed by atoms with E-state index in [-0.39, 0.29) is 12.2 Å². The molecule has 4 rings (SSSR count). The van der Waals surface area contributed by atoms with E-state index in [9.17, 15) is 9.59 Å². The molecule has 2 heterocycles. The first kappa shape index (κ1) is 22.0. The minimum Gasteiger partial charge on any atom is -0.496 e. The summed E-state index contributed by atoms with van der Waals surface area (Å²) < 4.78 is 12.7. The van der Waals surface area contributed by atoms with Crippen LogP contribution in [0.2, 0.25) is 5.02 Å². The molecule has 0 aliphatic carbocycles. The summed E-state index contributed by atoms with van der Waals surface area (Å²) in [4.78, 5) is 31.5. The fraction of sp³-hybridized carbons (Fsp3) is 0.208. The van der Waals surface area contributed by atoms with Crippen molar-refractivity contribution >= 4 is 35.0 Å². The molecule has 0 unspecified atom stereocenters. The molecule has 0 amide bonds. The maximum Gasteiger partial charge on any atom is 0.338 e. The zero-order valence-electron chi connectivity index (χ0n) is 17.8. The van der Waals surface area contributed by atoms with Crippen molar-refractivity contribution in [1.82, 2.24) is 4.57 Å². The molecule has 0 N–H and O–H groups in total. The first-order valence-electron chi connectivity index (χ1n) is 10.0. The van der Waals surface area contributed by atoms with Crippen LogP contribution in [-0.2, 0) is 9.53 Å². The van der Waals surface area contributed by atoms with Crippen molar-refractivity contribution in [2.75, 3.05) is 13.7 Å². The number of aromatic nitrogens is 1. The number of methoxy groups -OCH3 is 1. The van der Waals surface area contributed by atoms with E-state index in [0.29, 0.717) is 36.9 Å². The van der Waals surface area contributed by atoms with Crippen molar-refractivity contribution < 1.29 is 14.3 Å². The van der Waals surface area contributed by atoms with Gasteiger partial charge in [-0.15, -0.1) is 0 Å². The molecule has 6 nitrogen and oxygen atoms in total. The van der Waals surface area contributed by atoms with Crippen LogP contribution >= 0.6 is 22.9 Å². The van der Waals surface area contributed by atoms with Crippen LogP contribution in [0.1, 0.15) is 31.0 Å². The monoisotopic (exact) mass is 468 g/mol. The molecule has 0 bridgehead atoms. The van der Waals surface area contributed by atoms with Crippen LogP contribution in [0, 0.1) is 0 Å². The topological polar surface area (TPSA) is 69.9 Å². The summed E-state index contributed by atoms with van der Waals surface area (Å²) in [5, 5.41) is 0.452. The highest BCUT2D eigenvalue weighted by Gasteiger charge is 2.34. The van der Waals surface area contributed by atoms with Gasteiger partial charge in [-0.05, 0) is 37.6 Å². The number of halogens is 1. The fourth-order valence-electron chi connectivity index (χ4n) is 3.71. The third-order valence-corrected chi connectivity index (χ3v) is 6.47. The van der Waals surface area contributed by atoms with Gasteiger partial charge in [-0.3, -0.25) is 9.36 Å². The molecule has 2 aromatic carbocycles. The molecular formula is C24H21ClN2O4S. The Bertz CT molecular complexity index is 1400. The lowest BCUT2D eigenvalue weighted by Crippen LogP contribution is -2.40. The number of thiazole rings is 1. The normalized spacial score (nSPS) is 15.9. The Morgan fingerprint density at radius 3 is 2.66 bits per heavy atom. The summed E-state index contributed by atoms with van der Waals surface area (Å²) in [5.41, 5.74) is 1.95. The predicted octanol–water partition coefficient (Wildman–Crippen LogP) is 3.46. The van der Waals surface area contributed by atoms with Gasteiger partial charge >= 0.3 is 5.97 Å². The molecule has 32 heavy (non-hydrogen) atoms. The van der Waals surface area contributed by atoms with Gasteiger partial charge in [0, 0.05) is 10.6 Å². The van der Waals surface area contributed by atoms with Gasteiger partial charge in [-0.1, -0.05) is 59.3 Å². The number of hydrogen-bond donors (Lipinski definition) is 0. The van der Waals surface area contributed by atoms with E-state index >= 15 is 0 Å². The van der Waals surface area contributed by atoms with Crippen molar-refractivity contribution in [3.63, 3.8) is 0 Å². The Morgan fingerprint density at radius 1 is 1.22 bits per heavy atom. The van der Waals surface area contributed by atoms with Crippen LogP contribution in [0.25, 0.3) is 6.08 Å². The van der Waals surface area contributed by atoms with E-state index in [0.717, 1.165) is 5.56 Å². The predicted molar refractivity (Wildman–Crippen MR) is 125 cm³/mol. The van der Waals surface area contributed by atoms with Gasteiger partial charge in [0.15, 0.2) is 4.80 Å². The summed E-state index contributed by atoms with van der Waals surface area (Å²) in [6.45, 7) is 3.69. The molecule has 8 heteroatoms. The molecule has 164 valence electrons. The Hall–Kier alpha value is -3.16. The van der Waals surface area contributed by atoms with E-state index in [1.54, 1.807) is 39.2 Å². The minimum atomic E-state index is -0.737. The summed E-state index contributed by atoms with van der Waals surface area (Å²) >= 11 is 7.76. The molecule has 0 spiro atoms.